The standard InChI is InChI=1S/C42H78N16O13/c1-21(2)18-25(19-59)53-37(68)29(13-14-31(62)63)56-40(71)32(24(5)61)58-39(70)30(20-60)57-38(69)27(11-6-7-15-43)54-34(65)23(4)51-33(64)22(3)52-36(67)28(12-9-17-50-42(47)48)55-35(66)26(44)10-8-16-49-41(45)46/h19,21-30,32,60-61H,6-18,20,43-44H2,1-5H3,(H,51,64)(H,52,67)(H,53,68)(H,54,65)(H,55,66)(H,56,71)(H,57,69)(H,58,70)(H,62,63)(H4,45,46,49)(H4,47,48,50)/t22-,23-,24+,25-,26-,27-,28-,29-,30-,32-/m0/s1. The maximum atomic E-state index is 13.6. The molecule has 0 aromatic heterocycles. The van der Waals surface area contributed by atoms with Crippen molar-refractivity contribution in [3.8, 4) is 0 Å². The van der Waals surface area contributed by atoms with Gasteiger partial charge < -0.3 is 97.1 Å². The number of aliphatic imine (C=N–C) groups is 2. The molecule has 0 heterocycles. The average Bonchev–Trinajstić information content (AvgIpc) is 3.29. The number of guanidine groups is 2. The number of hydrogen-bond acceptors (Lipinski definition) is 16. The molecule has 8 amide bonds. The Balaban J connectivity index is 5.99. The Morgan fingerprint density at radius 1 is 0.549 bits per heavy atom. The van der Waals surface area contributed by atoms with E-state index in [0.29, 0.717) is 19.1 Å². The van der Waals surface area contributed by atoms with Crippen LogP contribution in [0.1, 0.15) is 98.8 Å². The fourth-order valence-electron chi connectivity index (χ4n) is 6.41. The first-order valence-electron chi connectivity index (χ1n) is 23.2. The number of carboxylic acids is 1. The van der Waals surface area contributed by atoms with Crippen molar-refractivity contribution in [1.29, 1.82) is 0 Å². The van der Waals surface area contributed by atoms with Crippen molar-refractivity contribution in [2.45, 2.75) is 159 Å². The lowest BCUT2D eigenvalue weighted by molar-refractivity contribution is -0.139. The zero-order chi connectivity index (χ0) is 54.4. The number of carbonyl (C=O) groups is 10. The molecule has 23 N–H and O–H groups in total. The van der Waals surface area contributed by atoms with Crippen LogP contribution in [0.2, 0.25) is 0 Å². The summed E-state index contributed by atoms with van der Waals surface area (Å²) in [6.07, 6.45) is -0.491. The van der Waals surface area contributed by atoms with Gasteiger partial charge in [-0.3, -0.25) is 53.1 Å². The highest BCUT2D eigenvalue weighted by Gasteiger charge is 2.35. The van der Waals surface area contributed by atoms with Crippen LogP contribution in [0.15, 0.2) is 9.98 Å². The van der Waals surface area contributed by atoms with Crippen LogP contribution in [0.25, 0.3) is 0 Å². The van der Waals surface area contributed by atoms with Crippen LogP contribution in [0, 0.1) is 5.92 Å². The maximum Gasteiger partial charge on any atom is 0.303 e. The Kier molecular flexibility index (Phi) is 31.3. The third-order valence-electron chi connectivity index (χ3n) is 10.3. The van der Waals surface area contributed by atoms with Crippen molar-refractivity contribution in [3.05, 3.63) is 0 Å². The Morgan fingerprint density at radius 2 is 0.986 bits per heavy atom. The molecular formula is C42H78N16O13. The van der Waals surface area contributed by atoms with Crippen LogP contribution in [0.5, 0.6) is 0 Å². The van der Waals surface area contributed by atoms with Crippen molar-refractivity contribution >= 4 is 71.4 Å². The van der Waals surface area contributed by atoms with E-state index >= 15 is 0 Å². The van der Waals surface area contributed by atoms with E-state index in [2.05, 4.69) is 52.5 Å². The van der Waals surface area contributed by atoms with Gasteiger partial charge in [0.2, 0.25) is 47.3 Å². The molecular weight excluding hydrogens is 937 g/mol. The quantitative estimate of drug-likeness (QED) is 0.0120. The first-order chi connectivity index (χ1) is 33.3. The van der Waals surface area contributed by atoms with Gasteiger partial charge in [-0.2, -0.15) is 0 Å². The summed E-state index contributed by atoms with van der Waals surface area (Å²) in [5, 5.41) is 49.0. The summed E-state index contributed by atoms with van der Waals surface area (Å²) in [4.78, 5) is 137. The number of aliphatic hydroxyl groups excluding tert-OH is 2. The van der Waals surface area contributed by atoms with E-state index in [0.717, 1.165) is 6.92 Å². The largest absolute Gasteiger partial charge is 0.481 e. The van der Waals surface area contributed by atoms with Crippen molar-refractivity contribution in [3.63, 3.8) is 0 Å². The van der Waals surface area contributed by atoms with Gasteiger partial charge >= 0.3 is 5.97 Å². The average molecular weight is 1020 g/mol. The predicted molar refractivity (Wildman–Crippen MR) is 259 cm³/mol. The molecule has 0 rings (SSSR count). The van der Waals surface area contributed by atoms with Gasteiger partial charge in [0.05, 0.1) is 24.8 Å². The van der Waals surface area contributed by atoms with Crippen molar-refractivity contribution in [2.75, 3.05) is 26.2 Å². The Labute approximate surface area is 412 Å². The summed E-state index contributed by atoms with van der Waals surface area (Å²) in [5.74, 6) is -9.03. The summed E-state index contributed by atoms with van der Waals surface area (Å²) >= 11 is 0. The van der Waals surface area contributed by atoms with Crippen LogP contribution in [-0.2, 0) is 47.9 Å². The summed E-state index contributed by atoms with van der Waals surface area (Å²) in [6, 6.07) is -12.3. The lowest BCUT2D eigenvalue weighted by atomic mass is 10.0. The molecule has 0 bridgehead atoms. The monoisotopic (exact) mass is 1010 g/mol. The second-order valence-corrected chi connectivity index (χ2v) is 17.2. The maximum absolute atomic E-state index is 13.6. The number of carboxylic acid groups (broad SMARTS) is 1. The lowest BCUT2D eigenvalue weighted by Gasteiger charge is -2.27. The van der Waals surface area contributed by atoms with Crippen LogP contribution in [0.4, 0.5) is 0 Å². The van der Waals surface area contributed by atoms with Gasteiger partial charge in [0.25, 0.3) is 0 Å². The number of rotatable bonds is 36. The fraction of sp³-hybridized carbons (Fsp3) is 0.714. The molecule has 29 nitrogen and oxygen atoms in total. The van der Waals surface area contributed by atoms with Gasteiger partial charge in [-0.05, 0) is 91.0 Å². The number of amides is 8. The Bertz CT molecular complexity index is 1830. The molecule has 0 spiro atoms. The minimum atomic E-state index is -1.82. The number of nitrogens with zero attached hydrogens (tertiary/aromatic N) is 2. The van der Waals surface area contributed by atoms with Gasteiger partial charge in [0.15, 0.2) is 11.9 Å². The summed E-state index contributed by atoms with van der Waals surface area (Å²) in [6.45, 7) is 6.80. The van der Waals surface area contributed by atoms with Gasteiger partial charge in [-0.15, -0.1) is 0 Å². The molecule has 0 radical (unpaired) electrons. The number of hydrogen-bond donors (Lipinski definition) is 17. The second kappa shape index (κ2) is 34.6. The number of aliphatic carboxylic acids is 1. The summed E-state index contributed by atoms with van der Waals surface area (Å²) in [7, 11) is 0. The molecule has 0 aromatic rings. The van der Waals surface area contributed by atoms with E-state index in [1.807, 2.05) is 0 Å². The summed E-state index contributed by atoms with van der Waals surface area (Å²) < 4.78 is 0. The minimum Gasteiger partial charge on any atom is -0.481 e. The molecule has 404 valence electrons. The van der Waals surface area contributed by atoms with Gasteiger partial charge in [-0.1, -0.05) is 13.8 Å². The van der Waals surface area contributed by atoms with Crippen LogP contribution in [0.3, 0.4) is 0 Å². The van der Waals surface area contributed by atoms with Crippen molar-refractivity contribution in [1.82, 2.24) is 42.5 Å². The second-order valence-electron chi connectivity index (χ2n) is 17.2. The van der Waals surface area contributed by atoms with Crippen LogP contribution < -0.4 is 76.9 Å². The Morgan fingerprint density at radius 3 is 1.48 bits per heavy atom. The first-order valence-corrected chi connectivity index (χ1v) is 23.2. The molecule has 0 aliphatic carbocycles. The number of aldehydes is 1. The highest BCUT2D eigenvalue weighted by atomic mass is 16.4. The molecule has 0 aromatic carbocycles. The number of unbranched alkanes of at least 4 members (excludes halogenated alkanes) is 1. The highest BCUT2D eigenvalue weighted by molar-refractivity contribution is 5.98. The van der Waals surface area contributed by atoms with Gasteiger partial charge in [0.1, 0.15) is 48.6 Å². The number of nitrogens with two attached hydrogens (primary N) is 6. The van der Waals surface area contributed by atoms with E-state index in [1.165, 1.54) is 13.8 Å². The van der Waals surface area contributed by atoms with Gasteiger partial charge in [-0.25, -0.2) is 0 Å². The lowest BCUT2D eigenvalue weighted by Crippen LogP contribution is -2.62. The topological polar surface area (TPSA) is 508 Å². The normalized spacial score (nSPS) is 15.2. The third kappa shape index (κ3) is 27.3. The zero-order valence-electron chi connectivity index (χ0n) is 41.1. The van der Waals surface area contributed by atoms with Crippen LogP contribution in [-0.4, -0.2) is 173 Å². The molecule has 10 atom stereocenters. The fourth-order valence-corrected chi connectivity index (χ4v) is 6.41. The number of carbonyl (C=O) groups excluding carboxylic acids is 9. The molecule has 0 unspecified atom stereocenters. The summed E-state index contributed by atoms with van der Waals surface area (Å²) in [5.41, 5.74) is 33.0. The molecule has 0 saturated heterocycles. The Hall–Kier alpha value is -6.72. The number of aliphatic hydroxyl groups is 2. The molecule has 0 fully saturated rings. The van der Waals surface area contributed by atoms with Crippen molar-refractivity contribution in [2.24, 2.45) is 50.3 Å². The third-order valence-corrected chi connectivity index (χ3v) is 10.3. The van der Waals surface area contributed by atoms with E-state index in [4.69, 9.17) is 34.4 Å². The van der Waals surface area contributed by atoms with Gasteiger partial charge in [0, 0.05) is 19.5 Å². The van der Waals surface area contributed by atoms with Crippen molar-refractivity contribution < 1.29 is 63.3 Å². The minimum absolute atomic E-state index is 0.0179. The SMILES string of the molecule is CC(C)C[C@@H](C=O)NC(=O)[C@H](CCC(=O)O)NC(=O)[C@@H](NC(=O)[C@H](CO)NC(=O)[C@H](CCCCN)NC(=O)[C@H](C)NC(=O)[C@H](C)NC(=O)[C@H](CCCN=C(N)N)NC(=O)[C@@H](N)CCCN=C(N)N)[C@@H](C)O. The molecule has 0 aliphatic rings. The van der Waals surface area contributed by atoms with E-state index < -0.39 is 133 Å². The predicted octanol–water partition coefficient (Wildman–Crippen LogP) is -7.05. The smallest absolute Gasteiger partial charge is 0.303 e. The highest BCUT2D eigenvalue weighted by Crippen LogP contribution is 2.08. The van der Waals surface area contributed by atoms with E-state index in [1.54, 1.807) is 13.8 Å². The zero-order valence-corrected chi connectivity index (χ0v) is 41.1. The first kappa shape index (κ1) is 64.3. The molecule has 71 heavy (non-hydrogen) atoms. The number of nitrogens with one attached hydrogen (secondary N) is 8. The van der Waals surface area contributed by atoms with E-state index in [9.17, 15) is 63.3 Å². The van der Waals surface area contributed by atoms with E-state index in [-0.39, 0.29) is 76.0 Å². The molecule has 0 saturated carbocycles. The van der Waals surface area contributed by atoms with Crippen LogP contribution >= 0.6 is 0 Å². The molecule has 29 heteroatoms. The molecule has 0 aliphatic heterocycles.